The van der Waals surface area contributed by atoms with Gasteiger partial charge in [-0.3, -0.25) is 0 Å². The number of hydrogen-bond acceptors (Lipinski definition) is 4. The molecule has 0 amide bonds. The van der Waals surface area contributed by atoms with Crippen LogP contribution in [0.2, 0.25) is 0 Å². The van der Waals surface area contributed by atoms with Crippen molar-refractivity contribution in [2.75, 3.05) is 13.7 Å². The van der Waals surface area contributed by atoms with Crippen LogP contribution in [0.4, 0.5) is 0 Å². The van der Waals surface area contributed by atoms with Gasteiger partial charge in [-0.25, -0.2) is 0 Å². The van der Waals surface area contributed by atoms with Crippen molar-refractivity contribution in [1.82, 2.24) is 5.32 Å². The highest BCUT2D eigenvalue weighted by molar-refractivity contribution is 5.81. The van der Waals surface area contributed by atoms with Crippen LogP contribution in [-0.4, -0.2) is 30.4 Å². The predicted molar refractivity (Wildman–Crippen MR) is 95.6 cm³/mol. The first-order valence-electron chi connectivity index (χ1n) is 8.27. The van der Waals surface area contributed by atoms with E-state index in [2.05, 4.69) is 32.2 Å². The van der Waals surface area contributed by atoms with Gasteiger partial charge < -0.3 is 19.9 Å². The smallest absolute Gasteiger partial charge is 0.151 e. The molecule has 0 aliphatic carbocycles. The van der Waals surface area contributed by atoms with E-state index in [9.17, 15) is 5.11 Å². The zero-order valence-corrected chi connectivity index (χ0v) is 14.7. The van der Waals surface area contributed by atoms with E-state index in [0.717, 1.165) is 28.2 Å². The normalized spacial score (nSPS) is 17.5. The second kappa shape index (κ2) is 6.46. The number of aliphatic hydroxyl groups excluding tert-OH is 1. The molecule has 0 saturated heterocycles. The summed E-state index contributed by atoms with van der Waals surface area (Å²) >= 11 is 0. The van der Waals surface area contributed by atoms with Crippen LogP contribution in [0.15, 0.2) is 42.5 Å². The fourth-order valence-electron chi connectivity index (χ4n) is 3.02. The van der Waals surface area contributed by atoms with Crippen molar-refractivity contribution in [1.29, 1.82) is 0 Å². The van der Waals surface area contributed by atoms with Crippen molar-refractivity contribution in [2.45, 2.75) is 38.5 Å². The Morgan fingerprint density at radius 3 is 2.62 bits per heavy atom. The number of rotatable bonds is 4. The number of hydrogen-bond donors (Lipinski definition) is 2. The van der Waals surface area contributed by atoms with Crippen molar-refractivity contribution < 1.29 is 14.6 Å². The number of β-amino-alcohol motifs (C(OH)–C–C–N with tert-alkyl or cyclic N) is 1. The Bertz CT molecular complexity index is 721. The molecule has 0 radical (unpaired) electrons. The molecular weight excluding hydrogens is 302 g/mol. The van der Waals surface area contributed by atoms with E-state index in [1.807, 2.05) is 36.4 Å². The van der Waals surface area contributed by atoms with Gasteiger partial charge in [0.1, 0.15) is 17.6 Å². The highest BCUT2D eigenvalue weighted by atomic mass is 16.5. The molecule has 3 rings (SSSR count). The minimum Gasteiger partial charge on any atom is -0.496 e. The lowest BCUT2D eigenvalue weighted by molar-refractivity contribution is 0.0304. The van der Waals surface area contributed by atoms with Gasteiger partial charge in [0.05, 0.1) is 12.7 Å². The molecule has 128 valence electrons. The molecule has 2 aromatic rings. The topological polar surface area (TPSA) is 50.7 Å². The molecule has 4 nitrogen and oxygen atoms in total. The van der Waals surface area contributed by atoms with Crippen molar-refractivity contribution in [3.63, 3.8) is 0 Å². The molecule has 1 aliphatic heterocycles. The first-order chi connectivity index (χ1) is 11.4. The number of benzene rings is 2. The van der Waals surface area contributed by atoms with Crippen LogP contribution in [0.5, 0.6) is 11.5 Å². The second-order valence-electron chi connectivity index (χ2n) is 7.16. The zero-order chi connectivity index (χ0) is 17.3. The van der Waals surface area contributed by atoms with Crippen molar-refractivity contribution in [3.8, 4) is 22.6 Å². The molecule has 1 aliphatic rings. The van der Waals surface area contributed by atoms with Gasteiger partial charge in [-0.2, -0.15) is 0 Å². The number of nitrogens with one attached hydrogen (secondary N) is 1. The molecule has 0 bridgehead atoms. The Labute approximate surface area is 143 Å². The molecule has 2 N–H and O–H groups in total. The molecule has 1 heterocycles. The average Bonchev–Trinajstić information content (AvgIpc) is 2.57. The van der Waals surface area contributed by atoms with E-state index in [0.29, 0.717) is 6.54 Å². The van der Waals surface area contributed by atoms with E-state index in [1.165, 1.54) is 0 Å². The largest absolute Gasteiger partial charge is 0.496 e. The Morgan fingerprint density at radius 1 is 1.17 bits per heavy atom. The van der Waals surface area contributed by atoms with Gasteiger partial charge in [0.15, 0.2) is 6.10 Å². The summed E-state index contributed by atoms with van der Waals surface area (Å²) in [5, 5.41) is 14.1. The van der Waals surface area contributed by atoms with Crippen molar-refractivity contribution in [3.05, 3.63) is 48.0 Å². The Morgan fingerprint density at radius 2 is 1.92 bits per heavy atom. The summed E-state index contributed by atoms with van der Waals surface area (Å²) in [7, 11) is 1.66. The lowest BCUT2D eigenvalue weighted by atomic mass is 9.90. The SMILES string of the molecule is COc1cccc2c1-c1ccccc1C(C(O)CNC(C)(C)C)O2. The molecule has 0 saturated carbocycles. The number of aliphatic hydroxyl groups is 1. The maximum atomic E-state index is 10.7. The summed E-state index contributed by atoms with van der Waals surface area (Å²) in [6, 6.07) is 13.8. The van der Waals surface area contributed by atoms with Gasteiger partial charge in [-0.1, -0.05) is 30.3 Å². The highest BCUT2D eigenvalue weighted by Crippen LogP contribution is 2.47. The number of methoxy groups -OCH3 is 1. The van der Waals surface area contributed by atoms with Gasteiger partial charge in [0.25, 0.3) is 0 Å². The predicted octanol–water partition coefficient (Wildman–Crippen LogP) is 3.54. The van der Waals surface area contributed by atoms with E-state index >= 15 is 0 Å². The van der Waals surface area contributed by atoms with Gasteiger partial charge in [0, 0.05) is 17.6 Å². The van der Waals surface area contributed by atoms with E-state index in [1.54, 1.807) is 7.11 Å². The van der Waals surface area contributed by atoms with Crippen LogP contribution in [-0.2, 0) is 0 Å². The molecule has 0 spiro atoms. The molecule has 0 aromatic heterocycles. The van der Waals surface area contributed by atoms with Crippen LogP contribution in [0.1, 0.15) is 32.4 Å². The average molecular weight is 327 g/mol. The Balaban J connectivity index is 1.97. The standard InChI is InChI=1S/C20H25NO3/c1-20(2,3)21-12-15(22)19-14-9-6-5-8-13(14)18-16(23-4)10-7-11-17(18)24-19/h5-11,15,19,21-22H,12H2,1-4H3. The minimum absolute atomic E-state index is 0.0592. The summed E-state index contributed by atoms with van der Waals surface area (Å²) in [5.41, 5.74) is 2.92. The summed E-state index contributed by atoms with van der Waals surface area (Å²) in [6.45, 7) is 6.70. The fraction of sp³-hybridized carbons (Fsp3) is 0.400. The molecule has 24 heavy (non-hydrogen) atoms. The fourth-order valence-corrected chi connectivity index (χ4v) is 3.02. The second-order valence-corrected chi connectivity index (χ2v) is 7.16. The number of fused-ring (bicyclic) bond motifs is 3. The van der Waals surface area contributed by atoms with E-state index in [-0.39, 0.29) is 5.54 Å². The van der Waals surface area contributed by atoms with Crippen molar-refractivity contribution >= 4 is 0 Å². The molecular formula is C20H25NO3. The molecule has 2 atom stereocenters. The third-order valence-corrected chi connectivity index (χ3v) is 4.19. The quantitative estimate of drug-likeness (QED) is 0.902. The van der Waals surface area contributed by atoms with Gasteiger partial charge in [0.2, 0.25) is 0 Å². The molecule has 0 fully saturated rings. The monoisotopic (exact) mass is 327 g/mol. The highest BCUT2D eigenvalue weighted by Gasteiger charge is 2.33. The Kier molecular flexibility index (Phi) is 4.52. The first-order valence-corrected chi connectivity index (χ1v) is 8.27. The summed E-state index contributed by atoms with van der Waals surface area (Å²) < 4.78 is 11.7. The lowest BCUT2D eigenvalue weighted by Gasteiger charge is -2.33. The van der Waals surface area contributed by atoms with Crippen LogP contribution in [0.3, 0.4) is 0 Å². The third-order valence-electron chi connectivity index (χ3n) is 4.19. The third kappa shape index (κ3) is 3.25. The van der Waals surface area contributed by atoms with Gasteiger partial charge in [-0.05, 0) is 38.5 Å². The number of ether oxygens (including phenoxy) is 2. The maximum absolute atomic E-state index is 10.7. The van der Waals surface area contributed by atoms with Gasteiger partial charge >= 0.3 is 0 Å². The maximum Gasteiger partial charge on any atom is 0.151 e. The Hall–Kier alpha value is -2.04. The lowest BCUT2D eigenvalue weighted by Crippen LogP contribution is -2.43. The van der Waals surface area contributed by atoms with Crippen LogP contribution >= 0.6 is 0 Å². The molecule has 4 heteroatoms. The van der Waals surface area contributed by atoms with Crippen LogP contribution in [0.25, 0.3) is 11.1 Å². The van der Waals surface area contributed by atoms with E-state index < -0.39 is 12.2 Å². The summed E-state index contributed by atoms with van der Waals surface area (Å²) in [4.78, 5) is 0. The summed E-state index contributed by atoms with van der Waals surface area (Å²) in [6.07, 6.45) is -1.06. The molecule has 2 aromatic carbocycles. The van der Waals surface area contributed by atoms with E-state index in [4.69, 9.17) is 9.47 Å². The van der Waals surface area contributed by atoms with Crippen LogP contribution in [0, 0.1) is 0 Å². The van der Waals surface area contributed by atoms with Crippen LogP contribution < -0.4 is 14.8 Å². The summed E-state index contributed by atoms with van der Waals surface area (Å²) in [5.74, 6) is 1.52. The zero-order valence-electron chi connectivity index (χ0n) is 14.7. The van der Waals surface area contributed by atoms with Gasteiger partial charge in [-0.15, -0.1) is 0 Å². The van der Waals surface area contributed by atoms with Crippen molar-refractivity contribution in [2.24, 2.45) is 0 Å². The minimum atomic E-state index is -0.648. The first kappa shape index (κ1) is 16.8. The molecule has 2 unspecified atom stereocenters.